The smallest absolute Gasteiger partial charge is 0.246 e. The van der Waals surface area contributed by atoms with Crippen LogP contribution in [0.3, 0.4) is 0 Å². The minimum atomic E-state index is -1.06. The molecule has 1 amide bonds. The summed E-state index contributed by atoms with van der Waals surface area (Å²) in [6, 6.07) is 14.8. The number of nitrogens with two attached hydrogens (primary N) is 1. The van der Waals surface area contributed by atoms with Crippen molar-refractivity contribution in [1.82, 2.24) is 4.90 Å². The Bertz CT molecular complexity index is 725. The molecule has 1 unspecified atom stereocenters. The molecule has 0 heterocycles. The van der Waals surface area contributed by atoms with Gasteiger partial charge in [-0.1, -0.05) is 30.3 Å². The van der Waals surface area contributed by atoms with Crippen LogP contribution < -0.4 is 19.9 Å². The minimum Gasteiger partial charge on any atom is -0.496 e. The van der Waals surface area contributed by atoms with Crippen molar-refractivity contribution in [2.75, 3.05) is 34.4 Å². The number of ether oxygens (including phenoxy) is 3. The fourth-order valence-corrected chi connectivity index (χ4v) is 2.76. The summed E-state index contributed by atoms with van der Waals surface area (Å²) in [5.74, 6) is 1.86. The third kappa shape index (κ3) is 5.37. The molecule has 2 N–H and O–H groups in total. The highest BCUT2D eigenvalue weighted by atomic mass is 16.5. The van der Waals surface area contributed by atoms with Gasteiger partial charge in [0.15, 0.2) is 0 Å². The number of methoxy groups -OCH3 is 2. The van der Waals surface area contributed by atoms with Gasteiger partial charge in [0.05, 0.1) is 20.8 Å². The van der Waals surface area contributed by atoms with E-state index in [2.05, 4.69) is 0 Å². The molecule has 6 heteroatoms. The first-order valence-corrected chi connectivity index (χ1v) is 8.84. The van der Waals surface area contributed by atoms with Crippen molar-refractivity contribution in [2.24, 2.45) is 5.73 Å². The molecule has 0 radical (unpaired) electrons. The van der Waals surface area contributed by atoms with E-state index in [4.69, 9.17) is 19.9 Å². The van der Waals surface area contributed by atoms with Crippen LogP contribution in [0.4, 0.5) is 0 Å². The molecule has 0 saturated heterocycles. The molecule has 0 saturated carbocycles. The molecule has 0 spiro atoms. The minimum absolute atomic E-state index is 0.128. The Morgan fingerprint density at radius 1 is 1.04 bits per heavy atom. The van der Waals surface area contributed by atoms with Gasteiger partial charge in [0.25, 0.3) is 0 Å². The number of carbonyl (C=O) groups is 1. The van der Waals surface area contributed by atoms with Crippen molar-refractivity contribution in [1.29, 1.82) is 0 Å². The number of rotatable bonds is 9. The molecule has 0 aliphatic carbocycles. The molecule has 0 aliphatic rings. The molecule has 2 rings (SSSR count). The van der Waals surface area contributed by atoms with Crippen LogP contribution in [0.15, 0.2) is 48.5 Å². The molecular weight excluding hydrogens is 344 g/mol. The number of carbonyl (C=O) groups excluding carboxylic acids is 1. The third-order valence-corrected chi connectivity index (χ3v) is 4.40. The van der Waals surface area contributed by atoms with E-state index < -0.39 is 5.54 Å². The molecule has 0 aliphatic heterocycles. The SMILES string of the molecule is COc1cc(OC)cc(OCCCN(C)C(=O)C(C)(N)c2ccccc2)c1. The molecule has 0 bridgehead atoms. The van der Waals surface area contributed by atoms with Crippen LogP contribution in [-0.4, -0.2) is 45.2 Å². The maximum Gasteiger partial charge on any atom is 0.246 e. The lowest BCUT2D eigenvalue weighted by Gasteiger charge is -2.29. The summed E-state index contributed by atoms with van der Waals surface area (Å²) in [4.78, 5) is 14.4. The number of hydrogen-bond acceptors (Lipinski definition) is 5. The fraction of sp³-hybridized carbons (Fsp3) is 0.381. The Hall–Kier alpha value is -2.73. The van der Waals surface area contributed by atoms with Gasteiger partial charge < -0.3 is 24.8 Å². The maximum atomic E-state index is 12.7. The van der Waals surface area contributed by atoms with Gasteiger partial charge in [-0.2, -0.15) is 0 Å². The van der Waals surface area contributed by atoms with Crippen molar-refractivity contribution in [3.05, 3.63) is 54.1 Å². The Morgan fingerprint density at radius 2 is 1.59 bits per heavy atom. The quantitative estimate of drug-likeness (QED) is 0.685. The second kappa shape index (κ2) is 9.28. The first kappa shape index (κ1) is 20.6. The average molecular weight is 372 g/mol. The summed E-state index contributed by atoms with van der Waals surface area (Å²) in [5, 5.41) is 0. The van der Waals surface area contributed by atoms with Crippen molar-refractivity contribution in [2.45, 2.75) is 18.9 Å². The van der Waals surface area contributed by atoms with Crippen LogP contribution in [0.25, 0.3) is 0 Å². The number of hydrogen-bond donors (Lipinski definition) is 1. The molecule has 1 atom stereocenters. The van der Waals surface area contributed by atoms with E-state index in [1.807, 2.05) is 30.3 Å². The molecule has 0 fully saturated rings. The van der Waals surface area contributed by atoms with E-state index in [1.165, 1.54) is 0 Å². The van der Waals surface area contributed by atoms with E-state index in [9.17, 15) is 4.79 Å². The van der Waals surface area contributed by atoms with Gasteiger partial charge >= 0.3 is 0 Å². The molecule has 6 nitrogen and oxygen atoms in total. The predicted octanol–water partition coefficient (Wildman–Crippen LogP) is 2.81. The van der Waals surface area contributed by atoms with Gasteiger partial charge in [0, 0.05) is 31.8 Å². The number of likely N-dealkylation sites (N-methyl/N-ethyl adjacent to an activating group) is 1. The fourth-order valence-electron chi connectivity index (χ4n) is 2.76. The van der Waals surface area contributed by atoms with Crippen molar-refractivity contribution in [3.8, 4) is 17.2 Å². The lowest BCUT2D eigenvalue weighted by molar-refractivity contribution is -0.135. The molecule has 2 aromatic rings. The molecular formula is C21H28N2O4. The Balaban J connectivity index is 1.87. The highest BCUT2D eigenvalue weighted by molar-refractivity contribution is 5.86. The Kier molecular flexibility index (Phi) is 7.07. The molecule has 2 aromatic carbocycles. The summed E-state index contributed by atoms with van der Waals surface area (Å²) >= 11 is 0. The number of nitrogens with zero attached hydrogens (tertiary/aromatic N) is 1. The molecule has 0 aromatic heterocycles. The second-order valence-corrected chi connectivity index (χ2v) is 6.55. The summed E-state index contributed by atoms with van der Waals surface area (Å²) in [6.07, 6.45) is 0.673. The summed E-state index contributed by atoms with van der Waals surface area (Å²) in [5.41, 5.74) is 6.03. The van der Waals surface area contributed by atoms with Crippen LogP contribution >= 0.6 is 0 Å². The zero-order valence-corrected chi connectivity index (χ0v) is 16.4. The molecule has 27 heavy (non-hydrogen) atoms. The van der Waals surface area contributed by atoms with Crippen LogP contribution in [-0.2, 0) is 10.3 Å². The van der Waals surface area contributed by atoms with Crippen LogP contribution in [0, 0.1) is 0 Å². The Labute approximate surface area is 160 Å². The lowest BCUT2D eigenvalue weighted by atomic mass is 9.92. The van der Waals surface area contributed by atoms with Gasteiger partial charge in [-0.3, -0.25) is 4.79 Å². The average Bonchev–Trinajstić information content (AvgIpc) is 2.70. The van der Waals surface area contributed by atoms with Gasteiger partial charge in [-0.05, 0) is 18.9 Å². The highest BCUT2D eigenvalue weighted by Crippen LogP contribution is 2.27. The van der Waals surface area contributed by atoms with E-state index in [0.29, 0.717) is 36.8 Å². The van der Waals surface area contributed by atoms with Crippen molar-refractivity contribution in [3.63, 3.8) is 0 Å². The van der Waals surface area contributed by atoms with E-state index in [0.717, 1.165) is 5.56 Å². The van der Waals surface area contributed by atoms with Crippen LogP contribution in [0.1, 0.15) is 18.9 Å². The first-order chi connectivity index (χ1) is 12.9. The number of benzene rings is 2. The number of amides is 1. The predicted molar refractivity (Wildman–Crippen MR) is 105 cm³/mol. The van der Waals surface area contributed by atoms with Crippen LogP contribution in [0.5, 0.6) is 17.2 Å². The van der Waals surface area contributed by atoms with Gasteiger partial charge in [0.1, 0.15) is 22.8 Å². The highest BCUT2D eigenvalue weighted by Gasteiger charge is 2.32. The summed E-state index contributed by atoms with van der Waals surface area (Å²) in [7, 11) is 4.94. The Morgan fingerprint density at radius 3 is 2.15 bits per heavy atom. The van der Waals surface area contributed by atoms with E-state index in [1.54, 1.807) is 51.3 Å². The van der Waals surface area contributed by atoms with Gasteiger partial charge in [-0.25, -0.2) is 0 Å². The summed E-state index contributed by atoms with van der Waals surface area (Å²) < 4.78 is 16.2. The second-order valence-electron chi connectivity index (χ2n) is 6.55. The lowest BCUT2D eigenvalue weighted by Crippen LogP contribution is -2.50. The third-order valence-electron chi connectivity index (χ3n) is 4.40. The van der Waals surface area contributed by atoms with E-state index in [-0.39, 0.29) is 5.91 Å². The maximum absolute atomic E-state index is 12.7. The largest absolute Gasteiger partial charge is 0.496 e. The topological polar surface area (TPSA) is 74.0 Å². The zero-order chi connectivity index (χ0) is 19.9. The van der Waals surface area contributed by atoms with Gasteiger partial charge in [-0.15, -0.1) is 0 Å². The summed E-state index contributed by atoms with van der Waals surface area (Å²) in [6.45, 7) is 2.74. The van der Waals surface area contributed by atoms with E-state index >= 15 is 0 Å². The monoisotopic (exact) mass is 372 g/mol. The molecule has 146 valence electrons. The zero-order valence-electron chi connectivity index (χ0n) is 16.4. The van der Waals surface area contributed by atoms with Crippen LogP contribution in [0.2, 0.25) is 0 Å². The first-order valence-electron chi connectivity index (χ1n) is 8.84. The normalized spacial score (nSPS) is 12.8. The van der Waals surface area contributed by atoms with Crippen molar-refractivity contribution < 1.29 is 19.0 Å². The van der Waals surface area contributed by atoms with Crippen molar-refractivity contribution >= 4 is 5.91 Å². The van der Waals surface area contributed by atoms with Gasteiger partial charge in [0.2, 0.25) is 5.91 Å². The standard InChI is InChI=1S/C21H28N2O4/c1-21(22,16-9-6-5-7-10-16)20(24)23(2)11-8-12-27-19-14-17(25-3)13-18(15-19)26-4/h5-7,9-10,13-15H,8,11-12,22H2,1-4H3.